The van der Waals surface area contributed by atoms with Crippen molar-refractivity contribution in [3.8, 4) is 0 Å². The second kappa shape index (κ2) is 3.08. The topological polar surface area (TPSA) is 70.0 Å². The van der Waals surface area contributed by atoms with Gasteiger partial charge in [-0.25, -0.2) is 9.80 Å². The average molecular weight is 176 g/mol. The maximum atomic E-state index is 10.5. The van der Waals surface area contributed by atoms with Gasteiger partial charge in [0.1, 0.15) is 0 Å². The maximum Gasteiger partial charge on any atom is 0.329 e. The predicted octanol–water partition coefficient (Wildman–Crippen LogP) is 0.516. The van der Waals surface area contributed by atoms with E-state index in [2.05, 4.69) is 5.29 Å². The molecule has 1 fully saturated rings. The van der Waals surface area contributed by atoms with E-state index in [1.807, 2.05) is 0 Å². The van der Waals surface area contributed by atoms with Gasteiger partial charge in [0, 0.05) is 5.75 Å². The smallest absolute Gasteiger partial charge is 0.329 e. The van der Waals surface area contributed by atoms with Gasteiger partial charge in [0.15, 0.2) is 6.04 Å². The molecular weight excluding hydrogens is 168 g/mol. The Kier molecular flexibility index (Phi) is 2.33. The minimum Gasteiger partial charge on any atom is -0.480 e. The summed E-state index contributed by atoms with van der Waals surface area (Å²) in [5.74, 6) is -0.552. The van der Waals surface area contributed by atoms with Crippen LogP contribution in [0.15, 0.2) is 5.29 Å². The molecule has 11 heavy (non-hydrogen) atoms. The number of carboxylic acids is 1. The number of thioether (sulfide) groups is 1. The number of nitroso groups, excluding NO2 is 1. The molecule has 1 N–H and O–H groups in total. The monoisotopic (exact) mass is 176 g/mol. The van der Waals surface area contributed by atoms with Crippen molar-refractivity contribution in [3.05, 3.63) is 4.91 Å². The molecule has 1 unspecified atom stereocenters. The van der Waals surface area contributed by atoms with Crippen LogP contribution < -0.4 is 0 Å². The molecule has 1 aliphatic heterocycles. The van der Waals surface area contributed by atoms with Crippen LogP contribution in [0, 0.1) is 4.91 Å². The Labute approximate surface area is 67.7 Å². The van der Waals surface area contributed by atoms with Gasteiger partial charge >= 0.3 is 5.97 Å². The lowest BCUT2D eigenvalue weighted by molar-refractivity contribution is -0.142. The van der Waals surface area contributed by atoms with Crippen molar-refractivity contribution < 1.29 is 9.90 Å². The Bertz CT molecular complexity index is 187. The second-order valence-electron chi connectivity index (χ2n) is 2.25. The lowest BCUT2D eigenvalue weighted by atomic mass is 10.3. The number of carbonyl (C=O) groups is 1. The highest BCUT2D eigenvalue weighted by molar-refractivity contribution is 8.00. The third kappa shape index (κ3) is 1.45. The van der Waals surface area contributed by atoms with Gasteiger partial charge in [0.25, 0.3) is 0 Å². The third-order valence-electron chi connectivity index (χ3n) is 1.57. The summed E-state index contributed by atoms with van der Waals surface area (Å²) in [5.41, 5.74) is 0. The Morgan fingerprint density at radius 3 is 2.82 bits per heavy atom. The normalized spacial score (nSPS) is 30.5. The third-order valence-corrected chi connectivity index (χ3v) is 2.77. The van der Waals surface area contributed by atoms with E-state index >= 15 is 0 Å². The first kappa shape index (κ1) is 8.32. The van der Waals surface area contributed by atoms with E-state index in [1.165, 1.54) is 11.8 Å². The van der Waals surface area contributed by atoms with Gasteiger partial charge in [0.2, 0.25) is 0 Å². The van der Waals surface area contributed by atoms with Crippen LogP contribution in [0.4, 0.5) is 0 Å². The van der Waals surface area contributed by atoms with Gasteiger partial charge in [-0.3, -0.25) is 0 Å². The number of hydrogen-bond acceptors (Lipinski definition) is 4. The average Bonchev–Trinajstić information content (AvgIpc) is 2.30. The molecule has 0 saturated carbocycles. The quantitative estimate of drug-likeness (QED) is 0.621. The Balaban J connectivity index is 2.68. The van der Waals surface area contributed by atoms with Crippen molar-refractivity contribution in [2.24, 2.45) is 5.29 Å². The fourth-order valence-corrected chi connectivity index (χ4v) is 2.04. The first-order chi connectivity index (χ1) is 5.16. The molecule has 0 aromatic rings. The van der Waals surface area contributed by atoms with Crippen LogP contribution in [-0.4, -0.2) is 33.3 Å². The zero-order chi connectivity index (χ0) is 8.43. The number of carboxylic acid groups (broad SMARTS) is 1. The summed E-state index contributed by atoms with van der Waals surface area (Å²) in [4.78, 5) is 20.6. The highest BCUT2D eigenvalue weighted by Gasteiger charge is 2.36. The summed E-state index contributed by atoms with van der Waals surface area (Å²) >= 11 is 1.42. The molecule has 6 heteroatoms. The van der Waals surface area contributed by atoms with Crippen LogP contribution >= 0.6 is 11.8 Å². The van der Waals surface area contributed by atoms with Crippen LogP contribution in [0.1, 0.15) is 6.92 Å². The van der Waals surface area contributed by atoms with Crippen molar-refractivity contribution in [1.29, 1.82) is 0 Å². The van der Waals surface area contributed by atoms with Crippen LogP contribution in [0.5, 0.6) is 0 Å². The van der Waals surface area contributed by atoms with Crippen molar-refractivity contribution in [3.63, 3.8) is 0 Å². The van der Waals surface area contributed by atoms with E-state index in [-0.39, 0.29) is 5.37 Å². The largest absolute Gasteiger partial charge is 0.480 e. The number of aliphatic carboxylic acids is 1. The minimum atomic E-state index is -0.985. The van der Waals surface area contributed by atoms with Crippen LogP contribution in [-0.2, 0) is 4.79 Å². The summed E-state index contributed by atoms with van der Waals surface area (Å²) in [7, 11) is 0. The fraction of sp³-hybridized carbons (Fsp3) is 0.800. The van der Waals surface area contributed by atoms with Gasteiger partial charge < -0.3 is 5.11 Å². The Morgan fingerprint density at radius 1 is 1.82 bits per heavy atom. The van der Waals surface area contributed by atoms with Crippen LogP contribution in [0.2, 0.25) is 0 Å². The summed E-state index contributed by atoms with van der Waals surface area (Å²) < 4.78 is 0. The molecule has 2 atom stereocenters. The SMILES string of the molecule is CC1SC[C@@H](C(=O)O)N1N=O. The van der Waals surface area contributed by atoms with E-state index in [0.29, 0.717) is 5.75 Å². The summed E-state index contributed by atoms with van der Waals surface area (Å²) in [5, 5.41) is 12.2. The van der Waals surface area contributed by atoms with Gasteiger partial charge in [-0.05, 0) is 6.92 Å². The molecule has 0 bridgehead atoms. The summed E-state index contributed by atoms with van der Waals surface area (Å²) in [6.45, 7) is 1.76. The highest BCUT2D eigenvalue weighted by atomic mass is 32.2. The van der Waals surface area contributed by atoms with Gasteiger partial charge in [0.05, 0.1) is 10.7 Å². The molecular formula is C5H8N2O3S. The highest BCUT2D eigenvalue weighted by Crippen LogP contribution is 2.28. The standard InChI is InChI=1S/C5H8N2O3S/c1-3-7(6-10)4(2-11-3)5(8)9/h3-4H,2H2,1H3,(H,8,9)/t3?,4-/m0/s1. The molecule has 62 valence electrons. The van der Waals surface area contributed by atoms with E-state index in [1.54, 1.807) is 6.92 Å². The van der Waals surface area contributed by atoms with E-state index in [9.17, 15) is 9.70 Å². The zero-order valence-corrected chi connectivity index (χ0v) is 6.74. The Morgan fingerprint density at radius 2 is 2.45 bits per heavy atom. The molecule has 1 rings (SSSR count). The first-order valence-corrected chi connectivity index (χ1v) is 4.17. The molecule has 0 aliphatic carbocycles. The lowest BCUT2D eigenvalue weighted by Crippen LogP contribution is -2.36. The minimum absolute atomic E-state index is 0.117. The van der Waals surface area contributed by atoms with E-state index < -0.39 is 12.0 Å². The first-order valence-electron chi connectivity index (χ1n) is 3.13. The second-order valence-corrected chi connectivity index (χ2v) is 3.60. The molecule has 1 saturated heterocycles. The maximum absolute atomic E-state index is 10.5. The van der Waals surface area contributed by atoms with Gasteiger partial charge in [-0.1, -0.05) is 0 Å². The van der Waals surface area contributed by atoms with Crippen molar-refractivity contribution in [1.82, 2.24) is 5.01 Å². The molecule has 1 aliphatic rings. The summed E-state index contributed by atoms with van der Waals surface area (Å²) in [6.07, 6.45) is 0. The predicted molar refractivity (Wildman–Crippen MR) is 41.0 cm³/mol. The molecule has 0 spiro atoms. The molecule has 1 heterocycles. The van der Waals surface area contributed by atoms with Crippen LogP contribution in [0.25, 0.3) is 0 Å². The lowest BCUT2D eigenvalue weighted by Gasteiger charge is -2.15. The van der Waals surface area contributed by atoms with Crippen molar-refractivity contribution in [2.45, 2.75) is 18.3 Å². The fourth-order valence-electron chi connectivity index (χ4n) is 0.944. The van der Waals surface area contributed by atoms with Crippen LogP contribution in [0.3, 0.4) is 0 Å². The Hall–Kier alpha value is -0.780. The zero-order valence-electron chi connectivity index (χ0n) is 5.93. The molecule has 0 radical (unpaired) electrons. The van der Waals surface area contributed by atoms with Crippen molar-refractivity contribution in [2.75, 3.05) is 5.75 Å². The van der Waals surface area contributed by atoms with Gasteiger partial charge in [-0.2, -0.15) is 0 Å². The molecule has 0 aromatic heterocycles. The molecule has 0 amide bonds. The number of hydrogen-bond donors (Lipinski definition) is 1. The molecule has 0 aromatic carbocycles. The number of nitrogens with zero attached hydrogens (tertiary/aromatic N) is 2. The van der Waals surface area contributed by atoms with E-state index in [0.717, 1.165) is 5.01 Å². The number of rotatable bonds is 2. The molecule has 5 nitrogen and oxygen atoms in total. The summed E-state index contributed by atoms with van der Waals surface area (Å²) in [6, 6.07) is -0.743. The van der Waals surface area contributed by atoms with Crippen molar-refractivity contribution >= 4 is 17.7 Å². The van der Waals surface area contributed by atoms with E-state index in [4.69, 9.17) is 5.11 Å². The van der Waals surface area contributed by atoms with Gasteiger partial charge in [-0.15, -0.1) is 16.7 Å².